The van der Waals surface area contributed by atoms with Crippen LogP contribution >= 0.6 is 0 Å². The van der Waals surface area contributed by atoms with Gasteiger partial charge < -0.3 is 19.9 Å². The van der Waals surface area contributed by atoms with Gasteiger partial charge in [-0.25, -0.2) is 4.98 Å². The monoisotopic (exact) mass is 426 g/mol. The Morgan fingerprint density at radius 2 is 1.87 bits per heavy atom. The number of aromatic nitrogens is 2. The van der Waals surface area contributed by atoms with E-state index in [4.69, 9.17) is 4.74 Å². The van der Waals surface area contributed by atoms with E-state index >= 15 is 0 Å². The fraction of sp³-hybridized carbons (Fsp3) is 0.583. The summed E-state index contributed by atoms with van der Waals surface area (Å²) >= 11 is 0. The number of imidazole rings is 1. The summed E-state index contributed by atoms with van der Waals surface area (Å²) in [4.78, 5) is 11.6. The predicted octanol–water partition coefficient (Wildman–Crippen LogP) is 2.73. The summed E-state index contributed by atoms with van der Waals surface area (Å²) in [7, 11) is 1.83. The molecule has 170 valence electrons. The first-order valence-electron chi connectivity index (χ1n) is 11.5. The molecule has 0 amide bonds. The minimum Gasteiger partial charge on any atom is -0.379 e. The van der Waals surface area contributed by atoms with E-state index in [-0.39, 0.29) is 0 Å². The van der Waals surface area contributed by atoms with E-state index in [0.717, 1.165) is 51.2 Å². The Bertz CT molecular complexity index is 780. The average molecular weight is 427 g/mol. The standard InChI is InChI=1S/C24H38N6O/c1-4-21(5-2)22(29-13-15-31-16-14-29)17-27-24(25-3)28-18-23-26-11-12-30(23)19-20-9-7-6-8-10-20/h6-12,21-22H,4-5,13-19H2,1-3H3,(H2,25,27,28). The zero-order valence-electron chi connectivity index (χ0n) is 19.3. The lowest BCUT2D eigenvalue weighted by Crippen LogP contribution is -2.53. The van der Waals surface area contributed by atoms with Crippen LogP contribution in [0.5, 0.6) is 0 Å². The summed E-state index contributed by atoms with van der Waals surface area (Å²) in [6.45, 7) is 10.6. The number of aliphatic imine (C=N–C) groups is 1. The Balaban J connectivity index is 1.56. The number of hydrogen-bond donors (Lipinski definition) is 2. The van der Waals surface area contributed by atoms with E-state index in [1.54, 1.807) is 0 Å². The third-order valence-corrected chi connectivity index (χ3v) is 6.22. The molecule has 31 heavy (non-hydrogen) atoms. The van der Waals surface area contributed by atoms with Crippen LogP contribution in [0.3, 0.4) is 0 Å². The first-order chi connectivity index (χ1) is 15.2. The zero-order chi connectivity index (χ0) is 21.9. The van der Waals surface area contributed by atoms with Gasteiger partial charge in [-0.15, -0.1) is 0 Å². The molecule has 1 atom stereocenters. The van der Waals surface area contributed by atoms with Gasteiger partial charge in [0.1, 0.15) is 5.82 Å². The molecule has 1 saturated heterocycles. The Morgan fingerprint density at radius 3 is 2.55 bits per heavy atom. The zero-order valence-corrected chi connectivity index (χ0v) is 19.3. The lowest BCUT2D eigenvalue weighted by atomic mass is 9.92. The lowest BCUT2D eigenvalue weighted by Gasteiger charge is -2.39. The molecule has 0 saturated carbocycles. The number of morpholine rings is 1. The summed E-state index contributed by atoms with van der Waals surface area (Å²) < 4.78 is 7.75. The van der Waals surface area contributed by atoms with Crippen LogP contribution < -0.4 is 10.6 Å². The third-order valence-electron chi connectivity index (χ3n) is 6.22. The first-order valence-corrected chi connectivity index (χ1v) is 11.5. The largest absolute Gasteiger partial charge is 0.379 e. The molecule has 7 nitrogen and oxygen atoms in total. The minimum absolute atomic E-state index is 0.484. The van der Waals surface area contributed by atoms with Crippen molar-refractivity contribution in [3.05, 3.63) is 54.1 Å². The van der Waals surface area contributed by atoms with Crippen LogP contribution in [0.4, 0.5) is 0 Å². The molecule has 1 fully saturated rings. The molecule has 2 heterocycles. The van der Waals surface area contributed by atoms with Gasteiger partial charge in [0.15, 0.2) is 5.96 Å². The quantitative estimate of drug-likeness (QED) is 0.452. The molecule has 1 aromatic carbocycles. The maximum Gasteiger partial charge on any atom is 0.191 e. The number of nitrogens with one attached hydrogen (secondary N) is 2. The SMILES string of the molecule is CCC(CC)C(CNC(=NC)NCc1nccn1Cc1ccccc1)N1CCOCC1. The number of guanidine groups is 1. The molecule has 0 aliphatic carbocycles. The van der Waals surface area contributed by atoms with Gasteiger partial charge in [0.05, 0.1) is 19.8 Å². The van der Waals surface area contributed by atoms with Crippen molar-refractivity contribution in [3.8, 4) is 0 Å². The fourth-order valence-electron chi connectivity index (χ4n) is 4.35. The maximum atomic E-state index is 5.57. The summed E-state index contributed by atoms with van der Waals surface area (Å²) in [5.74, 6) is 2.48. The van der Waals surface area contributed by atoms with Crippen molar-refractivity contribution >= 4 is 5.96 Å². The second-order valence-electron chi connectivity index (χ2n) is 8.06. The average Bonchev–Trinajstić information content (AvgIpc) is 3.26. The van der Waals surface area contributed by atoms with Gasteiger partial charge in [0, 0.05) is 51.7 Å². The van der Waals surface area contributed by atoms with Gasteiger partial charge in [-0.1, -0.05) is 57.0 Å². The lowest BCUT2D eigenvalue weighted by molar-refractivity contribution is 0.00272. The number of ether oxygens (including phenoxy) is 1. The Kier molecular flexibility index (Phi) is 9.37. The van der Waals surface area contributed by atoms with E-state index in [2.05, 4.69) is 68.2 Å². The van der Waals surface area contributed by atoms with Gasteiger partial charge in [-0.2, -0.15) is 0 Å². The van der Waals surface area contributed by atoms with Crippen molar-refractivity contribution in [1.82, 2.24) is 25.1 Å². The van der Waals surface area contributed by atoms with E-state index in [1.165, 1.54) is 18.4 Å². The number of nitrogens with zero attached hydrogens (tertiary/aromatic N) is 4. The Labute approximate surface area is 186 Å². The molecule has 1 aromatic heterocycles. The van der Waals surface area contributed by atoms with Gasteiger partial charge in [-0.05, 0) is 11.5 Å². The summed E-state index contributed by atoms with van der Waals surface area (Å²) in [5.41, 5.74) is 1.27. The van der Waals surface area contributed by atoms with Crippen molar-refractivity contribution in [2.24, 2.45) is 10.9 Å². The highest BCUT2D eigenvalue weighted by Gasteiger charge is 2.27. The molecule has 7 heteroatoms. The van der Waals surface area contributed by atoms with Gasteiger partial charge in [-0.3, -0.25) is 9.89 Å². The predicted molar refractivity (Wildman–Crippen MR) is 126 cm³/mol. The molecule has 3 rings (SSSR count). The molecule has 2 N–H and O–H groups in total. The van der Waals surface area contributed by atoms with E-state index in [9.17, 15) is 0 Å². The van der Waals surface area contributed by atoms with Crippen molar-refractivity contribution in [3.63, 3.8) is 0 Å². The first kappa shape index (κ1) is 23.3. The van der Waals surface area contributed by atoms with Crippen LogP contribution in [0, 0.1) is 5.92 Å². The van der Waals surface area contributed by atoms with E-state index in [1.807, 2.05) is 25.5 Å². The molecule has 0 spiro atoms. The molecular weight excluding hydrogens is 388 g/mol. The van der Waals surface area contributed by atoms with Gasteiger partial charge in [0.25, 0.3) is 0 Å². The summed E-state index contributed by atoms with van der Waals surface area (Å²) in [5, 5.41) is 7.01. The molecule has 1 aliphatic rings. The normalized spacial score (nSPS) is 16.5. The summed E-state index contributed by atoms with van der Waals surface area (Å²) in [6, 6.07) is 10.9. The minimum atomic E-state index is 0.484. The van der Waals surface area contributed by atoms with Crippen molar-refractivity contribution < 1.29 is 4.74 Å². The van der Waals surface area contributed by atoms with E-state index < -0.39 is 0 Å². The maximum absolute atomic E-state index is 5.57. The molecule has 1 unspecified atom stereocenters. The van der Waals surface area contributed by atoms with Crippen LogP contribution in [0.2, 0.25) is 0 Å². The molecule has 0 bridgehead atoms. The molecule has 1 aliphatic heterocycles. The van der Waals surface area contributed by atoms with Crippen molar-refractivity contribution in [1.29, 1.82) is 0 Å². The third kappa shape index (κ3) is 6.80. The Hall–Kier alpha value is -2.38. The fourth-order valence-corrected chi connectivity index (χ4v) is 4.35. The van der Waals surface area contributed by atoms with Crippen LogP contribution in [0.1, 0.15) is 38.1 Å². The molecular formula is C24H38N6O. The number of hydrogen-bond acceptors (Lipinski definition) is 4. The summed E-state index contributed by atoms with van der Waals surface area (Å²) in [6.07, 6.45) is 6.26. The van der Waals surface area contributed by atoms with Gasteiger partial charge >= 0.3 is 0 Å². The number of rotatable bonds is 10. The molecule has 2 aromatic rings. The van der Waals surface area contributed by atoms with E-state index in [0.29, 0.717) is 18.5 Å². The van der Waals surface area contributed by atoms with Crippen LogP contribution in [0.15, 0.2) is 47.7 Å². The highest BCUT2D eigenvalue weighted by atomic mass is 16.5. The topological polar surface area (TPSA) is 66.7 Å². The molecule has 0 radical (unpaired) electrons. The van der Waals surface area contributed by atoms with Crippen molar-refractivity contribution in [2.75, 3.05) is 39.9 Å². The second kappa shape index (κ2) is 12.5. The van der Waals surface area contributed by atoms with Crippen LogP contribution in [0.25, 0.3) is 0 Å². The van der Waals surface area contributed by atoms with Crippen LogP contribution in [-0.4, -0.2) is 66.3 Å². The Morgan fingerprint density at radius 1 is 1.13 bits per heavy atom. The highest BCUT2D eigenvalue weighted by molar-refractivity contribution is 5.79. The van der Waals surface area contributed by atoms with Gasteiger partial charge in [0.2, 0.25) is 0 Å². The highest BCUT2D eigenvalue weighted by Crippen LogP contribution is 2.19. The smallest absolute Gasteiger partial charge is 0.191 e. The van der Waals surface area contributed by atoms with Crippen molar-refractivity contribution in [2.45, 2.75) is 45.8 Å². The number of benzene rings is 1. The van der Waals surface area contributed by atoms with Crippen LogP contribution in [-0.2, 0) is 17.8 Å². The second-order valence-corrected chi connectivity index (χ2v) is 8.06.